The third kappa shape index (κ3) is 3.47. The molecule has 1 fully saturated rings. The van der Waals surface area contributed by atoms with Crippen molar-refractivity contribution >= 4 is 51.9 Å². The minimum atomic E-state index is -0.462. The van der Waals surface area contributed by atoms with E-state index in [0.29, 0.717) is 26.0 Å². The maximum Gasteiger partial charge on any atom is 0.337 e. The average molecular weight is 373 g/mol. The van der Waals surface area contributed by atoms with Gasteiger partial charge in [0.25, 0.3) is 5.91 Å². The molecule has 0 saturated carbocycles. The zero-order chi connectivity index (χ0) is 18.0. The Labute approximate surface area is 153 Å². The van der Waals surface area contributed by atoms with Crippen molar-refractivity contribution in [3.05, 3.63) is 70.4 Å². The molecule has 0 aliphatic carbocycles. The molecule has 0 unspecified atom stereocenters. The van der Waals surface area contributed by atoms with Crippen LogP contribution >= 0.6 is 24.0 Å². The highest BCUT2D eigenvalue weighted by molar-refractivity contribution is 8.27. The molecule has 0 N–H and O–H groups in total. The number of nitrogens with zero attached hydrogens (tertiary/aromatic N) is 1. The first kappa shape index (κ1) is 17.3. The van der Waals surface area contributed by atoms with E-state index in [1.807, 2.05) is 0 Å². The molecule has 0 bridgehead atoms. The number of thiocarbonyl (C=S) groups is 1. The maximum absolute atomic E-state index is 13.8. The smallest absolute Gasteiger partial charge is 0.337 e. The Kier molecular flexibility index (Phi) is 4.96. The van der Waals surface area contributed by atoms with Gasteiger partial charge in [-0.15, -0.1) is 0 Å². The number of benzene rings is 2. The number of anilines is 1. The van der Waals surface area contributed by atoms with E-state index in [1.165, 1.54) is 24.2 Å². The summed E-state index contributed by atoms with van der Waals surface area (Å²) in [6.07, 6.45) is 1.48. The van der Waals surface area contributed by atoms with Crippen LogP contribution in [0.1, 0.15) is 15.9 Å². The molecule has 1 aliphatic rings. The van der Waals surface area contributed by atoms with Crippen LogP contribution in [-0.2, 0) is 9.53 Å². The van der Waals surface area contributed by atoms with Crippen molar-refractivity contribution in [3.63, 3.8) is 0 Å². The van der Waals surface area contributed by atoms with Crippen LogP contribution < -0.4 is 4.90 Å². The number of hydrogen-bond acceptors (Lipinski definition) is 5. The molecule has 25 heavy (non-hydrogen) atoms. The van der Waals surface area contributed by atoms with Crippen LogP contribution in [0.25, 0.3) is 6.08 Å². The van der Waals surface area contributed by atoms with Gasteiger partial charge in [-0.2, -0.15) is 0 Å². The Morgan fingerprint density at radius 2 is 1.88 bits per heavy atom. The van der Waals surface area contributed by atoms with E-state index in [1.54, 1.807) is 42.5 Å². The molecular weight excluding hydrogens is 361 g/mol. The summed E-state index contributed by atoms with van der Waals surface area (Å²) in [6, 6.07) is 12.5. The van der Waals surface area contributed by atoms with E-state index in [2.05, 4.69) is 4.74 Å². The minimum absolute atomic E-state index is 0.323. The molecule has 4 nitrogen and oxygen atoms in total. The summed E-state index contributed by atoms with van der Waals surface area (Å²) in [4.78, 5) is 25.8. The largest absolute Gasteiger partial charge is 0.465 e. The molecule has 7 heteroatoms. The Bertz CT molecular complexity index is 893. The highest BCUT2D eigenvalue weighted by atomic mass is 32.2. The minimum Gasteiger partial charge on any atom is -0.465 e. The predicted molar refractivity (Wildman–Crippen MR) is 99.8 cm³/mol. The molecule has 1 saturated heterocycles. The van der Waals surface area contributed by atoms with Gasteiger partial charge in [0, 0.05) is 5.56 Å². The van der Waals surface area contributed by atoms with Crippen LogP contribution in [0.3, 0.4) is 0 Å². The Morgan fingerprint density at radius 3 is 2.52 bits per heavy atom. The van der Waals surface area contributed by atoms with E-state index in [9.17, 15) is 14.0 Å². The number of amides is 1. The highest BCUT2D eigenvalue weighted by Crippen LogP contribution is 2.36. The van der Waals surface area contributed by atoms with Gasteiger partial charge < -0.3 is 4.74 Å². The molecule has 1 amide bonds. The second-order valence-corrected chi connectivity index (χ2v) is 6.75. The van der Waals surface area contributed by atoms with Crippen LogP contribution in [0.4, 0.5) is 10.1 Å². The van der Waals surface area contributed by atoms with Crippen LogP contribution in [0.15, 0.2) is 53.4 Å². The fourth-order valence-corrected chi connectivity index (χ4v) is 3.58. The van der Waals surface area contributed by atoms with Gasteiger partial charge in [0.15, 0.2) is 4.32 Å². The quantitative estimate of drug-likeness (QED) is 0.462. The molecule has 1 aliphatic heterocycles. The summed E-state index contributed by atoms with van der Waals surface area (Å²) >= 11 is 6.38. The van der Waals surface area contributed by atoms with Crippen LogP contribution in [0.5, 0.6) is 0 Å². The lowest BCUT2D eigenvalue weighted by Gasteiger charge is -2.14. The van der Waals surface area contributed by atoms with Crippen LogP contribution in [0, 0.1) is 5.82 Å². The number of halogens is 1. The summed E-state index contributed by atoms with van der Waals surface area (Å²) in [5.74, 6) is -1.20. The molecule has 0 atom stereocenters. The number of hydrogen-bond donors (Lipinski definition) is 0. The van der Waals surface area contributed by atoms with Gasteiger partial charge in [0.1, 0.15) is 5.82 Å². The van der Waals surface area contributed by atoms with Crippen LogP contribution in [0.2, 0.25) is 0 Å². The first-order valence-corrected chi connectivity index (χ1v) is 8.44. The lowest BCUT2D eigenvalue weighted by atomic mass is 10.2. The summed E-state index contributed by atoms with van der Waals surface area (Å²) < 4.78 is 18.8. The number of esters is 1. The molecule has 0 radical (unpaired) electrons. The van der Waals surface area contributed by atoms with Crippen molar-refractivity contribution in [2.45, 2.75) is 0 Å². The van der Waals surface area contributed by atoms with Gasteiger partial charge in [0.2, 0.25) is 0 Å². The summed E-state index contributed by atoms with van der Waals surface area (Å²) in [6.45, 7) is 0. The van der Waals surface area contributed by atoms with Gasteiger partial charge in [-0.05, 0) is 36.4 Å². The topological polar surface area (TPSA) is 46.6 Å². The van der Waals surface area contributed by atoms with Gasteiger partial charge in [-0.1, -0.05) is 42.2 Å². The Balaban J connectivity index is 1.89. The van der Waals surface area contributed by atoms with E-state index in [0.717, 1.165) is 11.8 Å². The van der Waals surface area contributed by atoms with Crippen molar-refractivity contribution in [2.24, 2.45) is 0 Å². The third-order valence-electron chi connectivity index (χ3n) is 3.53. The molecule has 3 rings (SSSR count). The monoisotopic (exact) mass is 373 g/mol. The van der Waals surface area contributed by atoms with E-state index in [-0.39, 0.29) is 5.91 Å². The van der Waals surface area contributed by atoms with Crippen molar-refractivity contribution in [2.75, 3.05) is 12.0 Å². The molecule has 1 heterocycles. The van der Waals surface area contributed by atoms with Crippen molar-refractivity contribution in [3.8, 4) is 0 Å². The van der Waals surface area contributed by atoms with Gasteiger partial charge in [-0.25, -0.2) is 9.18 Å². The molecule has 2 aromatic rings. The zero-order valence-electron chi connectivity index (χ0n) is 13.1. The Morgan fingerprint density at radius 1 is 1.20 bits per heavy atom. The summed E-state index contributed by atoms with van der Waals surface area (Å²) in [5, 5.41) is 0. The molecular formula is C18H12FNO3S2. The second-order valence-electron chi connectivity index (χ2n) is 5.08. The predicted octanol–water partition coefficient (Wildman–Crippen LogP) is 4.02. The Hall–Kier alpha value is -2.51. The fourth-order valence-electron chi connectivity index (χ4n) is 2.29. The van der Waals surface area contributed by atoms with Crippen LogP contribution in [-0.4, -0.2) is 23.3 Å². The normalized spacial score (nSPS) is 15.8. The number of thioether (sulfide) groups is 1. The average Bonchev–Trinajstić information content (AvgIpc) is 2.90. The molecule has 0 spiro atoms. The number of rotatable bonds is 3. The maximum atomic E-state index is 13.8. The van der Waals surface area contributed by atoms with Crippen molar-refractivity contribution < 1.29 is 18.7 Å². The second kappa shape index (κ2) is 7.16. The van der Waals surface area contributed by atoms with E-state index < -0.39 is 11.8 Å². The van der Waals surface area contributed by atoms with Crippen molar-refractivity contribution in [1.29, 1.82) is 0 Å². The van der Waals surface area contributed by atoms with Gasteiger partial charge in [0.05, 0.1) is 23.3 Å². The number of carbonyl (C=O) groups excluding carboxylic acids is 2. The first-order chi connectivity index (χ1) is 12.0. The summed E-state index contributed by atoms with van der Waals surface area (Å²) in [5.41, 5.74) is 1.23. The highest BCUT2D eigenvalue weighted by Gasteiger charge is 2.33. The lowest BCUT2D eigenvalue weighted by molar-refractivity contribution is -0.113. The molecule has 0 aromatic heterocycles. The zero-order valence-corrected chi connectivity index (χ0v) is 14.7. The number of ether oxygens (including phenoxy) is 1. The molecule has 2 aromatic carbocycles. The van der Waals surface area contributed by atoms with Gasteiger partial charge in [-0.3, -0.25) is 9.69 Å². The van der Waals surface area contributed by atoms with Crippen molar-refractivity contribution in [1.82, 2.24) is 0 Å². The summed E-state index contributed by atoms with van der Waals surface area (Å²) in [7, 11) is 1.30. The molecule has 126 valence electrons. The van der Waals surface area contributed by atoms with E-state index >= 15 is 0 Å². The number of carbonyl (C=O) groups is 2. The SMILES string of the molecule is COC(=O)c1ccc(N2C(=O)C(=Cc3ccccc3F)SC2=S)cc1. The third-order valence-corrected chi connectivity index (χ3v) is 4.83. The lowest BCUT2D eigenvalue weighted by Crippen LogP contribution is -2.27. The van der Waals surface area contributed by atoms with E-state index in [4.69, 9.17) is 12.2 Å². The fraction of sp³-hybridized carbons (Fsp3) is 0.0556. The van der Waals surface area contributed by atoms with Gasteiger partial charge >= 0.3 is 5.97 Å². The number of methoxy groups -OCH3 is 1. The standard InChI is InChI=1S/C18H12FNO3S2/c1-23-17(22)11-6-8-13(9-7-11)20-16(21)15(25-18(20)24)10-12-4-2-3-5-14(12)19/h2-10H,1H3. The first-order valence-electron chi connectivity index (χ1n) is 7.22.